The van der Waals surface area contributed by atoms with Crippen molar-refractivity contribution in [2.24, 2.45) is 21.6 Å². The number of carbonyl (C=O) groups is 2. The molecule has 0 aromatic heterocycles. The summed E-state index contributed by atoms with van der Waals surface area (Å²) in [6, 6.07) is 12.3. The fraction of sp³-hybridized carbons (Fsp3) is 0.333. The summed E-state index contributed by atoms with van der Waals surface area (Å²) >= 11 is 0. The van der Waals surface area contributed by atoms with Crippen molar-refractivity contribution in [1.82, 2.24) is 10.8 Å². The second-order valence-corrected chi connectivity index (χ2v) is 8.46. The molecule has 1 amide bonds. The van der Waals surface area contributed by atoms with Crippen LogP contribution in [0.3, 0.4) is 0 Å². The highest BCUT2D eigenvalue weighted by molar-refractivity contribution is 6.06. The minimum Gasteiger partial charge on any atom is -0.457 e. The van der Waals surface area contributed by atoms with E-state index in [1.807, 2.05) is 13.0 Å². The molecule has 11 nitrogen and oxygen atoms in total. The summed E-state index contributed by atoms with van der Waals surface area (Å²) < 4.78 is 10.6. The molecule has 2 aliphatic rings. The number of carbonyl (C=O) groups excluding carboxylic acids is 2. The Balaban J connectivity index is 0.000000934. The van der Waals surface area contributed by atoms with E-state index in [2.05, 4.69) is 30.8 Å². The fourth-order valence-corrected chi connectivity index (χ4v) is 3.16. The highest BCUT2D eigenvalue weighted by Gasteiger charge is 2.21. The van der Waals surface area contributed by atoms with Crippen LogP contribution in [0.25, 0.3) is 0 Å². The fourth-order valence-electron chi connectivity index (χ4n) is 3.16. The van der Waals surface area contributed by atoms with Gasteiger partial charge in [-0.1, -0.05) is 0 Å². The lowest BCUT2D eigenvalue weighted by Crippen LogP contribution is -2.19. The third-order valence-electron chi connectivity index (χ3n) is 5.40. The highest BCUT2D eigenvalue weighted by atomic mass is 16.7. The van der Waals surface area contributed by atoms with E-state index in [1.165, 1.54) is 18.9 Å². The summed E-state index contributed by atoms with van der Waals surface area (Å²) in [4.78, 5) is 36.6. The topological polar surface area (TPSA) is 149 Å². The number of hydrogen-bond donors (Lipinski definition) is 4. The van der Waals surface area contributed by atoms with Gasteiger partial charge in [-0.05, 0) is 74.4 Å². The van der Waals surface area contributed by atoms with Crippen molar-refractivity contribution in [3.05, 3.63) is 65.9 Å². The van der Waals surface area contributed by atoms with Gasteiger partial charge in [0.25, 0.3) is 5.91 Å². The van der Waals surface area contributed by atoms with Gasteiger partial charge in [-0.25, -0.2) is 15.3 Å². The van der Waals surface area contributed by atoms with Crippen LogP contribution in [-0.4, -0.2) is 57.4 Å². The van der Waals surface area contributed by atoms with Gasteiger partial charge in [0.1, 0.15) is 17.3 Å². The number of rotatable bonds is 11. The first-order valence-electron chi connectivity index (χ1n) is 12.3. The first kappa shape index (κ1) is 28.4. The molecule has 1 aliphatic carbocycles. The first-order chi connectivity index (χ1) is 18.4. The quantitative estimate of drug-likeness (QED) is 0.198. The molecule has 0 saturated heterocycles. The van der Waals surface area contributed by atoms with E-state index in [-0.39, 0.29) is 5.84 Å². The van der Waals surface area contributed by atoms with E-state index in [0.29, 0.717) is 35.1 Å². The number of hydroxylamine groups is 1. The number of aliphatic imine (C=N–C) groups is 2. The molecule has 4 rings (SSSR count). The molecule has 0 spiro atoms. The summed E-state index contributed by atoms with van der Waals surface area (Å²) in [7, 11) is 3.41. The molecule has 202 valence electrons. The molecule has 1 saturated carbocycles. The highest BCUT2D eigenvalue weighted by Crippen LogP contribution is 2.31. The summed E-state index contributed by atoms with van der Waals surface area (Å²) in [5.41, 5.74) is 10.3. The van der Waals surface area contributed by atoms with Crippen LogP contribution >= 0.6 is 0 Å². The Kier molecular flexibility index (Phi) is 10.8. The predicted molar refractivity (Wildman–Crippen MR) is 146 cm³/mol. The van der Waals surface area contributed by atoms with Gasteiger partial charge in [0.2, 0.25) is 6.23 Å². The molecule has 1 atom stereocenters. The van der Waals surface area contributed by atoms with E-state index in [1.54, 1.807) is 56.8 Å². The number of nitrogens with two attached hydrogens (primary N) is 1. The summed E-state index contributed by atoms with van der Waals surface area (Å²) in [6.07, 6.45) is 5.28. The van der Waals surface area contributed by atoms with E-state index in [0.717, 1.165) is 24.4 Å². The number of ether oxygens (including phenoxy) is 2. The van der Waals surface area contributed by atoms with Crippen molar-refractivity contribution in [3.63, 3.8) is 0 Å². The first-order valence-corrected chi connectivity index (χ1v) is 12.3. The van der Waals surface area contributed by atoms with E-state index >= 15 is 0 Å². The SMILES string of the molecule is CCOC.CN/C=C\C(N)=NC(=O)c1cc(NCC2CC2)cc(Oc2ccc(C3=NC(C=O)ON3)cc2)c1. The minimum absolute atomic E-state index is 0.0954. The smallest absolute Gasteiger partial charge is 0.279 e. The standard InChI is InChI=1S/C24H26N6O4.C3H8O/c1-26-9-8-21(25)28-24(32)17-10-18(27-13-15-2-3-15)12-20(11-17)33-19-6-4-16(5-7-19)23-29-22(14-31)34-30-23;1-3-4-2/h4-12,14-15,22,26-27H,2-3,13H2,1H3,(H,29,30)(H2,25,28,32);3H2,1-2H3/b9-8-;. The second-order valence-electron chi connectivity index (χ2n) is 8.46. The molecule has 2 aromatic carbocycles. The Hall–Kier alpha value is -4.22. The molecule has 5 N–H and O–H groups in total. The van der Waals surface area contributed by atoms with Crippen molar-refractivity contribution in [2.75, 3.05) is 32.6 Å². The lowest BCUT2D eigenvalue weighted by molar-refractivity contribution is -0.118. The maximum Gasteiger partial charge on any atom is 0.279 e. The molecular weight excluding hydrogens is 488 g/mol. The van der Waals surface area contributed by atoms with Gasteiger partial charge in [-0.2, -0.15) is 4.99 Å². The van der Waals surface area contributed by atoms with Crippen molar-refractivity contribution in [1.29, 1.82) is 0 Å². The van der Waals surface area contributed by atoms with Crippen molar-refractivity contribution in [3.8, 4) is 11.5 Å². The Labute approximate surface area is 222 Å². The molecule has 0 bridgehead atoms. The molecule has 1 heterocycles. The number of nitrogens with one attached hydrogen (secondary N) is 3. The molecule has 38 heavy (non-hydrogen) atoms. The maximum absolute atomic E-state index is 12.7. The van der Waals surface area contributed by atoms with Crippen LogP contribution in [0.15, 0.2) is 64.7 Å². The number of aldehydes is 1. The van der Waals surface area contributed by atoms with Gasteiger partial charge in [0.15, 0.2) is 12.1 Å². The molecule has 0 radical (unpaired) electrons. The zero-order valence-corrected chi connectivity index (χ0v) is 21.8. The molecular formula is C27H34N6O5. The maximum atomic E-state index is 12.7. The monoisotopic (exact) mass is 522 g/mol. The number of hydrogen-bond acceptors (Lipinski definition) is 9. The Morgan fingerprint density at radius 1 is 1.24 bits per heavy atom. The third-order valence-corrected chi connectivity index (χ3v) is 5.40. The van der Waals surface area contributed by atoms with Crippen molar-refractivity contribution in [2.45, 2.75) is 26.0 Å². The van der Waals surface area contributed by atoms with Gasteiger partial charge in [0.05, 0.1) is 0 Å². The van der Waals surface area contributed by atoms with Gasteiger partial charge in [-0.15, -0.1) is 0 Å². The van der Waals surface area contributed by atoms with Crippen LogP contribution in [0.1, 0.15) is 35.7 Å². The Morgan fingerprint density at radius 2 is 1.97 bits per heavy atom. The zero-order valence-electron chi connectivity index (χ0n) is 21.8. The van der Waals surface area contributed by atoms with Crippen LogP contribution in [0.4, 0.5) is 5.69 Å². The van der Waals surface area contributed by atoms with E-state index < -0.39 is 12.1 Å². The molecule has 1 unspecified atom stereocenters. The number of nitrogens with zero attached hydrogens (tertiary/aromatic N) is 2. The molecule has 11 heteroatoms. The minimum atomic E-state index is -0.849. The number of amidine groups is 2. The second kappa shape index (κ2) is 14.5. The summed E-state index contributed by atoms with van der Waals surface area (Å²) in [5, 5.41) is 6.17. The largest absolute Gasteiger partial charge is 0.457 e. The normalized spacial score (nSPS) is 16.7. The van der Waals surface area contributed by atoms with E-state index in [4.69, 9.17) is 15.3 Å². The van der Waals surface area contributed by atoms with E-state index in [9.17, 15) is 9.59 Å². The molecule has 2 aromatic rings. The third kappa shape index (κ3) is 9.02. The molecule has 1 fully saturated rings. The summed E-state index contributed by atoms with van der Waals surface area (Å²) in [6.45, 7) is 3.61. The number of methoxy groups -OCH3 is 1. The van der Waals surface area contributed by atoms with Crippen LogP contribution < -0.4 is 26.6 Å². The number of benzene rings is 2. The lowest BCUT2D eigenvalue weighted by Gasteiger charge is -2.12. The predicted octanol–water partition coefficient (Wildman–Crippen LogP) is 2.99. The van der Waals surface area contributed by atoms with Crippen LogP contribution in [0.5, 0.6) is 11.5 Å². The zero-order chi connectivity index (χ0) is 27.3. The van der Waals surface area contributed by atoms with Gasteiger partial charge in [-0.3, -0.25) is 9.59 Å². The van der Waals surface area contributed by atoms with Crippen LogP contribution in [0.2, 0.25) is 0 Å². The van der Waals surface area contributed by atoms with Gasteiger partial charge in [0, 0.05) is 50.2 Å². The average Bonchev–Trinajstić information content (AvgIpc) is 3.65. The van der Waals surface area contributed by atoms with Crippen molar-refractivity contribution >= 4 is 29.6 Å². The Bertz CT molecular complexity index is 1170. The van der Waals surface area contributed by atoms with Gasteiger partial charge < -0.3 is 25.8 Å². The van der Waals surface area contributed by atoms with Crippen LogP contribution in [-0.2, 0) is 14.4 Å². The van der Waals surface area contributed by atoms with Crippen LogP contribution in [0, 0.1) is 5.92 Å². The lowest BCUT2D eigenvalue weighted by atomic mass is 10.1. The number of anilines is 1. The van der Waals surface area contributed by atoms with Gasteiger partial charge >= 0.3 is 0 Å². The Morgan fingerprint density at radius 3 is 2.58 bits per heavy atom. The molecule has 1 aliphatic heterocycles. The van der Waals surface area contributed by atoms with Crippen molar-refractivity contribution < 1.29 is 23.9 Å². The average molecular weight is 523 g/mol. The summed E-state index contributed by atoms with van der Waals surface area (Å²) in [5.74, 6) is 1.80. The number of amides is 1.